The Hall–Kier alpha value is -2.53. The van der Waals surface area contributed by atoms with Gasteiger partial charge in [0.2, 0.25) is 5.88 Å². The fraction of sp³-hybridized carbons (Fsp3) is 0.579. The largest absolute Gasteiger partial charge is 0.479 e. The van der Waals surface area contributed by atoms with Crippen molar-refractivity contribution in [2.45, 2.75) is 52.2 Å². The number of rotatable bonds is 9. The summed E-state index contributed by atoms with van der Waals surface area (Å²) in [5.41, 5.74) is 0.0408. The molecule has 0 saturated heterocycles. The molecule has 0 aliphatic carbocycles. The van der Waals surface area contributed by atoms with Crippen molar-refractivity contribution in [2.75, 3.05) is 20.3 Å². The Morgan fingerprint density at radius 1 is 1.27 bits per heavy atom. The van der Waals surface area contributed by atoms with Crippen molar-refractivity contribution in [1.29, 1.82) is 0 Å². The lowest BCUT2D eigenvalue weighted by Gasteiger charge is -2.36. The predicted molar refractivity (Wildman–Crippen MR) is 113 cm³/mol. The molecule has 166 valence electrons. The molecule has 0 atom stereocenters. The molecule has 2 aromatic rings. The van der Waals surface area contributed by atoms with Gasteiger partial charge in [-0.25, -0.2) is 14.1 Å². The Labute approximate surface area is 176 Å². The van der Waals surface area contributed by atoms with E-state index in [-0.39, 0.29) is 40.5 Å². The van der Waals surface area contributed by atoms with E-state index in [1.807, 2.05) is 0 Å². The maximum absolute atomic E-state index is 13.7. The van der Waals surface area contributed by atoms with Crippen molar-refractivity contribution < 1.29 is 23.2 Å². The maximum atomic E-state index is 13.7. The summed E-state index contributed by atoms with van der Waals surface area (Å²) in [6, 6.07) is 1.15. The first-order valence-corrected chi connectivity index (χ1v) is 12.5. The number of nitrogens with zero attached hydrogens (tertiary/aromatic N) is 4. The summed E-state index contributed by atoms with van der Waals surface area (Å²) in [7, 11) is -0.496. The van der Waals surface area contributed by atoms with Gasteiger partial charge in [0, 0.05) is 19.1 Å². The van der Waals surface area contributed by atoms with Crippen LogP contribution in [-0.4, -0.2) is 48.3 Å². The van der Waals surface area contributed by atoms with E-state index >= 15 is 0 Å². The van der Waals surface area contributed by atoms with E-state index in [0.717, 1.165) is 12.3 Å². The van der Waals surface area contributed by atoms with Crippen molar-refractivity contribution in [3.63, 3.8) is 0 Å². The van der Waals surface area contributed by atoms with Crippen LogP contribution in [0.25, 0.3) is 5.69 Å². The number of ether oxygens (including phenoxy) is 2. The van der Waals surface area contributed by atoms with Crippen molar-refractivity contribution in [2.24, 2.45) is 0 Å². The van der Waals surface area contributed by atoms with E-state index in [1.54, 1.807) is 0 Å². The Bertz CT molecular complexity index is 911. The van der Waals surface area contributed by atoms with Crippen LogP contribution in [0, 0.1) is 22.9 Å². The number of hydrogen-bond donors (Lipinski definition) is 0. The molecular weight excluding hydrogens is 411 g/mol. The third kappa shape index (κ3) is 5.14. The normalized spacial score (nSPS) is 12.1. The Balaban J connectivity index is 2.17. The second-order valence-electron chi connectivity index (χ2n) is 8.40. The molecule has 0 aliphatic rings. The lowest BCUT2D eigenvalue weighted by molar-refractivity contribution is -0.386. The molecule has 0 radical (unpaired) electrons. The van der Waals surface area contributed by atoms with Gasteiger partial charge < -0.3 is 13.9 Å². The van der Waals surface area contributed by atoms with Gasteiger partial charge in [0.1, 0.15) is 17.2 Å². The molecule has 0 fully saturated rings. The fourth-order valence-electron chi connectivity index (χ4n) is 2.51. The summed E-state index contributed by atoms with van der Waals surface area (Å²) in [6.45, 7) is 13.0. The summed E-state index contributed by atoms with van der Waals surface area (Å²) < 4.78 is 31.7. The third-order valence-electron chi connectivity index (χ3n) is 5.25. The molecule has 0 aliphatic heterocycles. The van der Waals surface area contributed by atoms with Crippen LogP contribution in [0.2, 0.25) is 18.1 Å². The number of nitro groups is 1. The number of halogens is 1. The van der Waals surface area contributed by atoms with Crippen LogP contribution in [0.5, 0.6) is 11.8 Å². The van der Waals surface area contributed by atoms with Gasteiger partial charge in [-0.15, -0.1) is 5.10 Å². The highest BCUT2D eigenvalue weighted by Crippen LogP contribution is 2.37. The third-order valence-corrected chi connectivity index (χ3v) is 9.79. The van der Waals surface area contributed by atoms with Gasteiger partial charge in [-0.1, -0.05) is 20.8 Å². The molecule has 9 nitrogen and oxygen atoms in total. The minimum absolute atomic E-state index is 0.0891. The quantitative estimate of drug-likeness (QED) is 0.246. The number of methoxy groups -OCH3 is 1. The highest BCUT2D eigenvalue weighted by atomic mass is 28.4. The molecule has 0 saturated carbocycles. The molecule has 0 N–H and O–H groups in total. The molecule has 2 rings (SSSR count). The van der Waals surface area contributed by atoms with Crippen LogP contribution < -0.4 is 9.47 Å². The van der Waals surface area contributed by atoms with Crippen LogP contribution in [-0.2, 0) is 4.43 Å². The van der Waals surface area contributed by atoms with Crippen LogP contribution in [0.15, 0.2) is 12.3 Å². The molecule has 0 bridgehead atoms. The Kier molecular flexibility index (Phi) is 7.19. The van der Waals surface area contributed by atoms with Crippen LogP contribution in [0.1, 0.15) is 32.9 Å². The SMILES string of the molecule is COc1ncc(F)cc1-n1nc(OCCCO[Si](C)(C)C(C)(C)C)c([N+](=O)[O-])c1C. The summed E-state index contributed by atoms with van der Waals surface area (Å²) >= 11 is 0. The van der Waals surface area contributed by atoms with Gasteiger partial charge in [0.05, 0.1) is 24.8 Å². The molecule has 2 heterocycles. The molecule has 0 amide bonds. The summed E-state index contributed by atoms with van der Waals surface area (Å²) in [5, 5.41) is 15.8. The van der Waals surface area contributed by atoms with E-state index in [0.29, 0.717) is 13.0 Å². The average Bonchev–Trinajstić information content (AvgIpc) is 2.96. The standard InChI is InChI=1S/C19H29FN4O5Si/c1-13-16(24(25)26)18(28-9-8-10-29-30(6,7)19(2,3)4)22-23(13)15-11-14(20)12-21-17(15)27-5/h11-12H,8-10H2,1-7H3. The number of hydrogen-bond acceptors (Lipinski definition) is 7. The van der Waals surface area contributed by atoms with E-state index < -0.39 is 19.1 Å². The van der Waals surface area contributed by atoms with Crippen LogP contribution in [0.4, 0.5) is 10.1 Å². The second kappa shape index (κ2) is 9.09. The number of aromatic nitrogens is 3. The zero-order valence-electron chi connectivity index (χ0n) is 18.5. The molecule has 0 aromatic carbocycles. The average molecular weight is 441 g/mol. The molecular formula is C19H29FN4O5Si. The van der Waals surface area contributed by atoms with Gasteiger partial charge >= 0.3 is 11.6 Å². The van der Waals surface area contributed by atoms with Gasteiger partial charge in [0.25, 0.3) is 0 Å². The zero-order valence-corrected chi connectivity index (χ0v) is 19.5. The van der Waals surface area contributed by atoms with Crippen molar-refractivity contribution >= 4 is 14.0 Å². The highest BCUT2D eigenvalue weighted by molar-refractivity contribution is 6.74. The Morgan fingerprint density at radius 2 is 1.93 bits per heavy atom. The van der Waals surface area contributed by atoms with Crippen molar-refractivity contribution in [3.05, 3.63) is 33.9 Å². The molecule has 11 heteroatoms. The molecule has 2 aromatic heterocycles. The first-order chi connectivity index (χ1) is 13.9. The summed E-state index contributed by atoms with van der Waals surface area (Å²) in [4.78, 5) is 14.8. The van der Waals surface area contributed by atoms with Gasteiger partial charge in [-0.3, -0.25) is 10.1 Å². The first-order valence-electron chi connectivity index (χ1n) is 9.59. The van der Waals surface area contributed by atoms with Crippen LogP contribution >= 0.6 is 0 Å². The van der Waals surface area contributed by atoms with E-state index in [1.165, 1.54) is 18.7 Å². The lowest BCUT2D eigenvalue weighted by Crippen LogP contribution is -2.41. The topological polar surface area (TPSA) is 102 Å². The van der Waals surface area contributed by atoms with Crippen molar-refractivity contribution in [3.8, 4) is 17.4 Å². The molecule has 0 spiro atoms. The second-order valence-corrected chi connectivity index (χ2v) is 13.2. The number of pyridine rings is 1. The highest BCUT2D eigenvalue weighted by Gasteiger charge is 2.37. The van der Waals surface area contributed by atoms with Crippen molar-refractivity contribution in [1.82, 2.24) is 14.8 Å². The zero-order chi connectivity index (χ0) is 22.7. The van der Waals surface area contributed by atoms with Gasteiger partial charge in [0.15, 0.2) is 8.32 Å². The van der Waals surface area contributed by atoms with Crippen LogP contribution in [0.3, 0.4) is 0 Å². The van der Waals surface area contributed by atoms with Gasteiger partial charge in [-0.2, -0.15) is 0 Å². The smallest absolute Gasteiger partial charge is 0.353 e. The fourth-order valence-corrected chi connectivity index (χ4v) is 3.59. The van der Waals surface area contributed by atoms with E-state index in [2.05, 4.69) is 43.9 Å². The minimum Gasteiger partial charge on any atom is -0.479 e. The Morgan fingerprint density at radius 3 is 2.50 bits per heavy atom. The van der Waals surface area contributed by atoms with Gasteiger partial charge in [-0.05, 0) is 25.1 Å². The minimum atomic E-state index is -1.87. The monoisotopic (exact) mass is 440 g/mol. The summed E-state index contributed by atoms with van der Waals surface area (Å²) in [6.07, 6.45) is 1.55. The van der Waals surface area contributed by atoms with E-state index in [4.69, 9.17) is 13.9 Å². The first kappa shape index (κ1) is 23.7. The molecule has 0 unspecified atom stereocenters. The predicted octanol–water partition coefficient (Wildman–Crippen LogP) is 4.42. The lowest BCUT2D eigenvalue weighted by atomic mass is 10.2. The summed E-state index contributed by atoms with van der Waals surface area (Å²) in [5.74, 6) is -0.670. The molecule has 30 heavy (non-hydrogen) atoms. The maximum Gasteiger partial charge on any atom is 0.353 e. The van der Waals surface area contributed by atoms with E-state index in [9.17, 15) is 14.5 Å².